The van der Waals surface area contributed by atoms with Crippen LogP contribution < -0.4 is 0 Å². The zero-order valence-corrected chi connectivity index (χ0v) is 14.4. The van der Waals surface area contributed by atoms with Gasteiger partial charge in [0.25, 0.3) is 0 Å². The van der Waals surface area contributed by atoms with Crippen LogP contribution in [0.1, 0.15) is 39.8 Å². The highest BCUT2D eigenvalue weighted by molar-refractivity contribution is 7.20. The first-order chi connectivity index (χ1) is 12.2. The summed E-state index contributed by atoms with van der Waals surface area (Å²) in [5.74, 6) is 1.04. The van der Waals surface area contributed by atoms with Crippen LogP contribution in [-0.4, -0.2) is 20.5 Å². The highest BCUT2D eigenvalue weighted by Gasteiger charge is 2.33. The predicted molar refractivity (Wildman–Crippen MR) is 95.6 cm³/mol. The summed E-state index contributed by atoms with van der Waals surface area (Å²) in [7, 11) is 0. The van der Waals surface area contributed by atoms with Crippen LogP contribution in [0, 0.1) is 6.92 Å². The zero-order chi connectivity index (χ0) is 17.0. The molecule has 1 aliphatic carbocycles. The summed E-state index contributed by atoms with van der Waals surface area (Å²) < 4.78 is 8.51. The number of ketones is 1. The maximum Gasteiger partial charge on any atom is 0.211 e. The third-order valence-electron chi connectivity index (χ3n) is 4.72. The SMILES string of the molecule is Cc1nn(-c2nc3ccccc3s2)c2c1C(=O)CC(c1ccco1)C2. The van der Waals surface area contributed by atoms with Crippen LogP contribution >= 0.6 is 11.3 Å². The van der Waals surface area contributed by atoms with Crippen molar-refractivity contribution >= 4 is 27.3 Å². The number of fused-ring (bicyclic) bond motifs is 2. The van der Waals surface area contributed by atoms with Crippen molar-refractivity contribution in [3.05, 3.63) is 65.4 Å². The molecule has 3 aromatic heterocycles. The minimum atomic E-state index is 0.0548. The molecule has 3 heterocycles. The number of hydrogen-bond donors (Lipinski definition) is 0. The van der Waals surface area contributed by atoms with Crippen molar-refractivity contribution < 1.29 is 9.21 Å². The zero-order valence-electron chi connectivity index (χ0n) is 13.6. The van der Waals surface area contributed by atoms with Gasteiger partial charge in [0, 0.05) is 18.8 Å². The van der Waals surface area contributed by atoms with Gasteiger partial charge in [-0.15, -0.1) is 0 Å². The normalized spacial score (nSPS) is 17.2. The molecule has 25 heavy (non-hydrogen) atoms. The van der Waals surface area contributed by atoms with Crippen LogP contribution in [-0.2, 0) is 6.42 Å². The number of aryl methyl sites for hydroxylation is 1. The maximum absolute atomic E-state index is 12.7. The minimum Gasteiger partial charge on any atom is -0.469 e. The molecule has 6 heteroatoms. The number of Topliss-reactive ketones (excluding diaryl/α,β-unsaturated/α-hetero) is 1. The number of carbonyl (C=O) groups excluding carboxylic acids is 1. The average Bonchev–Trinajstić information content (AvgIpc) is 3.32. The van der Waals surface area contributed by atoms with Gasteiger partial charge < -0.3 is 4.42 Å². The van der Waals surface area contributed by atoms with Crippen molar-refractivity contribution in [2.45, 2.75) is 25.7 Å². The summed E-state index contributed by atoms with van der Waals surface area (Å²) in [6.45, 7) is 1.90. The molecular formula is C19H15N3O2S. The highest BCUT2D eigenvalue weighted by Crippen LogP contribution is 2.36. The van der Waals surface area contributed by atoms with Crippen LogP contribution in [0.25, 0.3) is 15.3 Å². The van der Waals surface area contributed by atoms with Gasteiger partial charge in [-0.05, 0) is 31.2 Å². The number of rotatable bonds is 2. The number of thiazole rings is 1. The summed E-state index contributed by atoms with van der Waals surface area (Å²) >= 11 is 1.59. The van der Waals surface area contributed by atoms with Crippen molar-refractivity contribution in [2.24, 2.45) is 0 Å². The molecule has 5 rings (SSSR count). The van der Waals surface area contributed by atoms with Crippen molar-refractivity contribution in [2.75, 3.05) is 0 Å². The molecule has 5 nitrogen and oxygen atoms in total. The lowest BCUT2D eigenvalue weighted by atomic mass is 9.84. The van der Waals surface area contributed by atoms with E-state index >= 15 is 0 Å². The molecule has 0 aliphatic heterocycles. The minimum absolute atomic E-state index is 0.0548. The third kappa shape index (κ3) is 2.25. The van der Waals surface area contributed by atoms with Gasteiger partial charge in [0.15, 0.2) is 5.78 Å². The Morgan fingerprint density at radius 2 is 2.08 bits per heavy atom. The van der Waals surface area contributed by atoms with Crippen LogP contribution in [0.3, 0.4) is 0 Å². The molecule has 1 unspecified atom stereocenters. The van der Waals surface area contributed by atoms with Gasteiger partial charge in [-0.1, -0.05) is 23.5 Å². The van der Waals surface area contributed by atoms with Gasteiger partial charge in [-0.3, -0.25) is 4.79 Å². The van der Waals surface area contributed by atoms with E-state index in [1.54, 1.807) is 17.6 Å². The van der Waals surface area contributed by atoms with Gasteiger partial charge >= 0.3 is 0 Å². The number of para-hydroxylation sites is 1. The number of aromatic nitrogens is 3. The van der Waals surface area contributed by atoms with Crippen molar-refractivity contribution in [1.82, 2.24) is 14.8 Å². The summed E-state index contributed by atoms with van der Waals surface area (Å²) in [5, 5.41) is 5.44. The molecule has 0 N–H and O–H groups in total. The molecule has 4 aromatic rings. The number of carbonyl (C=O) groups is 1. The molecule has 0 radical (unpaired) electrons. The molecule has 0 bridgehead atoms. The van der Waals surface area contributed by atoms with Gasteiger partial charge in [0.2, 0.25) is 5.13 Å². The Morgan fingerprint density at radius 1 is 1.20 bits per heavy atom. The maximum atomic E-state index is 12.7. The fourth-order valence-electron chi connectivity index (χ4n) is 3.59. The summed E-state index contributed by atoms with van der Waals surface area (Å²) in [6.07, 6.45) is 2.85. The first-order valence-corrected chi connectivity index (χ1v) is 9.03. The van der Waals surface area contributed by atoms with E-state index in [0.29, 0.717) is 6.42 Å². The van der Waals surface area contributed by atoms with Gasteiger partial charge in [-0.2, -0.15) is 5.10 Å². The second-order valence-electron chi connectivity index (χ2n) is 6.33. The van der Waals surface area contributed by atoms with Gasteiger partial charge in [-0.25, -0.2) is 9.67 Å². The smallest absolute Gasteiger partial charge is 0.211 e. The summed E-state index contributed by atoms with van der Waals surface area (Å²) in [6, 6.07) is 11.8. The van der Waals surface area contributed by atoms with E-state index in [1.165, 1.54) is 0 Å². The highest BCUT2D eigenvalue weighted by atomic mass is 32.1. The van der Waals surface area contributed by atoms with E-state index < -0.39 is 0 Å². The van der Waals surface area contributed by atoms with E-state index in [0.717, 1.165) is 44.5 Å². The molecule has 0 saturated heterocycles. The van der Waals surface area contributed by atoms with Crippen LogP contribution in [0.5, 0.6) is 0 Å². The van der Waals surface area contributed by atoms with Crippen LogP contribution in [0.4, 0.5) is 0 Å². The standard InChI is InChI=1S/C19H15N3O2S/c1-11-18-14(9-12(10-15(18)23)16-6-4-8-24-16)22(21-11)19-20-13-5-2-3-7-17(13)25-19/h2-8,12H,9-10H2,1H3. The molecule has 0 amide bonds. The number of benzene rings is 1. The number of nitrogens with zero attached hydrogens (tertiary/aromatic N) is 3. The second-order valence-corrected chi connectivity index (χ2v) is 7.34. The monoisotopic (exact) mass is 349 g/mol. The first-order valence-electron chi connectivity index (χ1n) is 8.22. The van der Waals surface area contributed by atoms with Gasteiger partial charge in [0.1, 0.15) is 5.76 Å². The predicted octanol–water partition coefficient (Wildman–Crippen LogP) is 4.30. The Kier molecular flexibility index (Phi) is 3.15. The lowest BCUT2D eigenvalue weighted by Crippen LogP contribution is -2.20. The molecule has 1 aromatic carbocycles. The molecule has 0 fully saturated rings. The van der Waals surface area contributed by atoms with Crippen LogP contribution in [0.2, 0.25) is 0 Å². The summed E-state index contributed by atoms with van der Waals surface area (Å²) in [4.78, 5) is 17.4. The second kappa shape index (κ2) is 5.39. The fourth-order valence-corrected chi connectivity index (χ4v) is 4.53. The number of hydrogen-bond acceptors (Lipinski definition) is 5. The number of furan rings is 1. The molecule has 0 saturated carbocycles. The molecular weight excluding hydrogens is 334 g/mol. The largest absolute Gasteiger partial charge is 0.469 e. The molecule has 0 spiro atoms. The van der Waals surface area contributed by atoms with E-state index in [2.05, 4.69) is 11.2 Å². The van der Waals surface area contributed by atoms with E-state index in [-0.39, 0.29) is 11.7 Å². The van der Waals surface area contributed by atoms with Crippen molar-refractivity contribution in [3.8, 4) is 5.13 Å². The lowest BCUT2D eigenvalue weighted by molar-refractivity contribution is 0.0959. The Balaban J connectivity index is 1.65. The molecule has 1 atom stereocenters. The topological polar surface area (TPSA) is 60.9 Å². The Hall–Kier alpha value is -2.73. The van der Waals surface area contributed by atoms with Gasteiger partial charge in [0.05, 0.1) is 33.4 Å². The van der Waals surface area contributed by atoms with E-state index in [4.69, 9.17) is 9.40 Å². The third-order valence-corrected chi connectivity index (χ3v) is 5.73. The Morgan fingerprint density at radius 3 is 2.88 bits per heavy atom. The molecule has 124 valence electrons. The Labute approximate surface area is 147 Å². The van der Waals surface area contributed by atoms with E-state index in [9.17, 15) is 4.79 Å². The first kappa shape index (κ1) is 14.6. The lowest BCUT2D eigenvalue weighted by Gasteiger charge is -2.20. The van der Waals surface area contributed by atoms with Crippen molar-refractivity contribution in [1.29, 1.82) is 0 Å². The summed E-state index contributed by atoms with van der Waals surface area (Å²) in [5.41, 5.74) is 3.42. The van der Waals surface area contributed by atoms with E-state index in [1.807, 2.05) is 41.9 Å². The van der Waals surface area contributed by atoms with Crippen LogP contribution in [0.15, 0.2) is 47.1 Å². The van der Waals surface area contributed by atoms with Crippen molar-refractivity contribution in [3.63, 3.8) is 0 Å². The average molecular weight is 349 g/mol. The molecule has 1 aliphatic rings. The fraction of sp³-hybridized carbons (Fsp3) is 0.211. The quantitative estimate of drug-likeness (QED) is 0.541. The Bertz CT molecular complexity index is 1060.